The Morgan fingerprint density at radius 3 is 2.58 bits per heavy atom. The predicted molar refractivity (Wildman–Crippen MR) is 77.2 cm³/mol. The molecule has 1 aliphatic carbocycles. The standard InChI is InChI=1S/C13H12ClNO2S2/c14-9-3-5-10(6-4-9)19(16,17)15-12-8-11(12)13-2-1-7-18-13/h1-7,11-12,15H,8H2. The van der Waals surface area contributed by atoms with Crippen molar-refractivity contribution < 1.29 is 8.42 Å². The molecule has 3 rings (SSSR count). The molecule has 19 heavy (non-hydrogen) atoms. The summed E-state index contributed by atoms with van der Waals surface area (Å²) in [6.45, 7) is 0. The number of halogens is 1. The lowest BCUT2D eigenvalue weighted by Gasteiger charge is -2.06. The molecule has 0 amide bonds. The summed E-state index contributed by atoms with van der Waals surface area (Å²) in [5, 5.41) is 2.54. The van der Waals surface area contributed by atoms with Crippen molar-refractivity contribution in [2.75, 3.05) is 0 Å². The first-order valence-electron chi connectivity index (χ1n) is 5.87. The third-order valence-electron chi connectivity index (χ3n) is 3.13. The van der Waals surface area contributed by atoms with E-state index in [2.05, 4.69) is 4.72 Å². The van der Waals surface area contributed by atoms with Gasteiger partial charge in [-0.15, -0.1) is 11.3 Å². The molecular weight excluding hydrogens is 302 g/mol. The molecule has 0 bridgehead atoms. The highest BCUT2D eigenvalue weighted by Crippen LogP contribution is 2.43. The van der Waals surface area contributed by atoms with Crippen LogP contribution in [0.25, 0.3) is 0 Å². The zero-order chi connectivity index (χ0) is 13.5. The third kappa shape index (κ3) is 2.84. The topological polar surface area (TPSA) is 46.2 Å². The molecule has 1 saturated carbocycles. The lowest BCUT2D eigenvalue weighted by atomic mass is 10.3. The molecule has 3 nitrogen and oxygen atoms in total. The van der Waals surface area contributed by atoms with E-state index >= 15 is 0 Å². The first kappa shape index (κ1) is 13.1. The van der Waals surface area contributed by atoms with E-state index in [1.807, 2.05) is 17.5 Å². The molecule has 0 spiro atoms. The summed E-state index contributed by atoms with van der Waals surface area (Å²) >= 11 is 7.43. The van der Waals surface area contributed by atoms with Gasteiger partial charge in [-0.25, -0.2) is 13.1 Å². The average molecular weight is 314 g/mol. The van der Waals surface area contributed by atoms with E-state index in [1.54, 1.807) is 23.5 Å². The molecule has 100 valence electrons. The van der Waals surface area contributed by atoms with E-state index < -0.39 is 10.0 Å². The van der Waals surface area contributed by atoms with Crippen molar-refractivity contribution in [2.45, 2.75) is 23.3 Å². The SMILES string of the molecule is O=S(=O)(NC1CC1c1cccs1)c1ccc(Cl)cc1. The van der Waals surface area contributed by atoms with Gasteiger partial charge in [-0.2, -0.15) is 0 Å². The van der Waals surface area contributed by atoms with E-state index in [0.717, 1.165) is 6.42 Å². The van der Waals surface area contributed by atoms with Crippen LogP contribution >= 0.6 is 22.9 Å². The van der Waals surface area contributed by atoms with Crippen molar-refractivity contribution in [1.29, 1.82) is 0 Å². The van der Waals surface area contributed by atoms with Gasteiger partial charge in [-0.3, -0.25) is 0 Å². The molecule has 1 aromatic carbocycles. The van der Waals surface area contributed by atoms with Gasteiger partial charge in [0, 0.05) is 21.9 Å². The van der Waals surface area contributed by atoms with Crippen LogP contribution in [0.15, 0.2) is 46.7 Å². The number of hydrogen-bond donors (Lipinski definition) is 1. The fourth-order valence-corrected chi connectivity index (χ4v) is 4.35. The number of rotatable bonds is 4. The molecule has 2 atom stereocenters. The molecule has 1 fully saturated rings. The maximum atomic E-state index is 12.2. The zero-order valence-corrected chi connectivity index (χ0v) is 12.3. The molecule has 2 aromatic rings. The summed E-state index contributed by atoms with van der Waals surface area (Å²) in [5.41, 5.74) is 0. The van der Waals surface area contributed by atoms with Gasteiger partial charge in [0.05, 0.1) is 4.90 Å². The summed E-state index contributed by atoms with van der Waals surface area (Å²) in [6, 6.07) is 10.3. The van der Waals surface area contributed by atoms with Crippen LogP contribution in [0, 0.1) is 0 Å². The minimum Gasteiger partial charge on any atom is -0.207 e. The maximum Gasteiger partial charge on any atom is 0.240 e. The quantitative estimate of drug-likeness (QED) is 0.942. The number of sulfonamides is 1. The van der Waals surface area contributed by atoms with Crippen LogP contribution in [0.1, 0.15) is 17.2 Å². The normalized spacial score (nSPS) is 22.4. The smallest absolute Gasteiger partial charge is 0.207 e. The Morgan fingerprint density at radius 2 is 1.95 bits per heavy atom. The molecule has 1 heterocycles. The molecule has 2 unspecified atom stereocenters. The maximum absolute atomic E-state index is 12.2. The third-order valence-corrected chi connectivity index (χ3v) is 5.89. The van der Waals surface area contributed by atoms with Crippen LogP contribution in [0.3, 0.4) is 0 Å². The molecule has 0 saturated heterocycles. The largest absolute Gasteiger partial charge is 0.240 e. The van der Waals surface area contributed by atoms with E-state index in [0.29, 0.717) is 10.9 Å². The molecule has 1 aliphatic rings. The number of benzene rings is 1. The van der Waals surface area contributed by atoms with Crippen molar-refractivity contribution in [1.82, 2.24) is 4.72 Å². The second-order valence-corrected chi connectivity index (χ2v) is 7.67. The van der Waals surface area contributed by atoms with E-state index in [9.17, 15) is 8.42 Å². The number of thiophene rings is 1. The highest BCUT2D eigenvalue weighted by molar-refractivity contribution is 7.89. The van der Waals surface area contributed by atoms with Crippen LogP contribution in [0.2, 0.25) is 5.02 Å². The zero-order valence-electron chi connectivity index (χ0n) is 9.91. The van der Waals surface area contributed by atoms with Crippen molar-refractivity contribution >= 4 is 33.0 Å². The van der Waals surface area contributed by atoms with Crippen LogP contribution < -0.4 is 4.72 Å². The van der Waals surface area contributed by atoms with Crippen LogP contribution in [0.5, 0.6) is 0 Å². The Balaban J connectivity index is 1.72. The lowest BCUT2D eigenvalue weighted by Crippen LogP contribution is -2.26. The van der Waals surface area contributed by atoms with Gasteiger partial charge in [0.15, 0.2) is 0 Å². The van der Waals surface area contributed by atoms with Crippen molar-refractivity contribution in [2.24, 2.45) is 0 Å². The Hall–Kier alpha value is -0.880. The Bertz CT molecular complexity index is 665. The fourth-order valence-electron chi connectivity index (χ4n) is 2.02. The first-order chi connectivity index (χ1) is 9.06. The van der Waals surface area contributed by atoms with Gasteiger partial charge in [0.25, 0.3) is 0 Å². The van der Waals surface area contributed by atoms with Crippen molar-refractivity contribution in [3.63, 3.8) is 0 Å². The van der Waals surface area contributed by atoms with Gasteiger partial charge in [-0.05, 0) is 42.1 Å². The molecule has 1 N–H and O–H groups in total. The van der Waals surface area contributed by atoms with Crippen LogP contribution in [-0.4, -0.2) is 14.5 Å². The average Bonchev–Trinajstić information content (AvgIpc) is 2.91. The minimum absolute atomic E-state index is 0.0133. The second-order valence-electron chi connectivity index (χ2n) is 4.54. The summed E-state index contributed by atoms with van der Waals surface area (Å²) in [7, 11) is -3.44. The van der Waals surface area contributed by atoms with Gasteiger partial charge in [-0.1, -0.05) is 17.7 Å². The Morgan fingerprint density at radius 1 is 1.21 bits per heavy atom. The van der Waals surface area contributed by atoms with E-state index in [-0.39, 0.29) is 10.9 Å². The number of hydrogen-bond acceptors (Lipinski definition) is 3. The second kappa shape index (κ2) is 4.90. The first-order valence-corrected chi connectivity index (χ1v) is 8.62. The Kier molecular flexibility index (Phi) is 3.39. The van der Waals surface area contributed by atoms with Gasteiger partial charge >= 0.3 is 0 Å². The van der Waals surface area contributed by atoms with Crippen LogP contribution in [-0.2, 0) is 10.0 Å². The summed E-state index contributed by atoms with van der Waals surface area (Å²) in [5.74, 6) is 0.321. The highest BCUT2D eigenvalue weighted by Gasteiger charge is 2.41. The van der Waals surface area contributed by atoms with Crippen LogP contribution in [0.4, 0.5) is 0 Å². The minimum atomic E-state index is -3.44. The monoisotopic (exact) mass is 313 g/mol. The Labute approximate surface area is 121 Å². The summed E-state index contributed by atoms with van der Waals surface area (Å²) in [4.78, 5) is 1.50. The summed E-state index contributed by atoms with van der Waals surface area (Å²) in [6.07, 6.45) is 0.868. The number of nitrogens with one attached hydrogen (secondary N) is 1. The lowest BCUT2D eigenvalue weighted by molar-refractivity contribution is 0.580. The predicted octanol–water partition coefficient (Wildman–Crippen LogP) is 3.24. The molecule has 1 aromatic heterocycles. The highest BCUT2D eigenvalue weighted by atomic mass is 35.5. The molecule has 0 radical (unpaired) electrons. The van der Waals surface area contributed by atoms with Gasteiger partial charge < -0.3 is 0 Å². The van der Waals surface area contributed by atoms with E-state index in [4.69, 9.17) is 11.6 Å². The van der Waals surface area contributed by atoms with Crippen molar-refractivity contribution in [3.05, 3.63) is 51.7 Å². The van der Waals surface area contributed by atoms with E-state index in [1.165, 1.54) is 17.0 Å². The van der Waals surface area contributed by atoms with Gasteiger partial charge in [0.1, 0.15) is 0 Å². The van der Waals surface area contributed by atoms with Gasteiger partial charge in [0.2, 0.25) is 10.0 Å². The fraction of sp³-hybridized carbons (Fsp3) is 0.231. The molecular formula is C13H12ClNO2S2. The molecule has 6 heteroatoms. The summed E-state index contributed by atoms with van der Waals surface area (Å²) < 4.78 is 27.1. The molecule has 0 aliphatic heterocycles. The van der Waals surface area contributed by atoms with Crippen molar-refractivity contribution in [3.8, 4) is 0 Å².